The van der Waals surface area contributed by atoms with Crippen molar-refractivity contribution in [2.75, 3.05) is 0 Å². The molecule has 5 heteroatoms. The van der Waals surface area contributed by atoms with Crippen molar-refractivity contribution < 1.29 is 9.21 Å². The molecule has 19 heavy (non-hydrogen) atoms. The second-order valence-electron chi connectivity index (χ2n) is 4.33. The average Bonchev–Trinajstić information content (AvgIpc) is 2.88. The zero-order valence-electron chi connectivity index (χ0n) is 10.6. The minimum Gasteiger partial charge on any atom is -0.455 e. The summed E-state index contributed by atoms with van der Waals surface area (Å²) in [6, 6.07) is 7.21. The Morgan fingerprint density at radius 1 is 1.37 bits per heavy atom. The predicted octanol–water partition coefficient (Wildman–Crippen LogP) is 2.77. The number of halogens is 1. The zero-order chi connectivity index (χ0) is 13.7. The van der Waals surface area contributed by atoms with Gasteiger partial charge in [-0.1, -0.05) is 0 Å². The van der Waals surface area contributed by atoms with Gasteiger partial charge in [0.1, 0.15) is 5.76 Å². The molecule has 1 unspecified atom stereocenters. The highest BCUT2D eigenvalue weighted by Gasteiger charge is 2.13. The Kier molecular flexibility index (Phi) is 4.58. The van der Waals surface area contributed by atoms with Crippen LogP contribution in [0, 0.1) is 0 Å². The summed E-state index contributed by atoms with van der Waals surface area (Å²) >= 11 is 5.63. The van der Waals surface area contributed by atoms with Crippen LogP contribution in [0.3, 0.4) is 0 Å². The fraction of sp³-hybridized carbons (Fsp3) is 0.286. The van der Waals surface area contributed by atoms with Gasteiger partial charge in [0.05, 0.1) is 5.88 Å². The summed E-state index contributed by atoms with van der Waals surface area (Å²) in [4.78, 5) is 15.9. The maximum atomic E-state index is 11.9. The third kappa shape index (κ3) is 3.83. The summed E-state index contributed by atoms with van der Waals surface area (Å²) in [6.45, 7) is 1.95. The van der Waals surface area contributed by atoms with Crippen LogP contribution in [0.15, 0.2) is 41.1 Å². The number of rotatable bonds is 5. The van der Waals surface area contributed by atoms with Gasteiger partial charge in [0, 0.05) is 18.4 Å². The van der Waals surface area contributed by atoms with Gasteiger partial charge < -0.3 is 9.73 Å². The summed E-state index contributed by atoms with van der Waals surface area (Å²) < 4.78 is 5.29. The van der Waals surface area contributed by atoms with Crippen LogP contribution < -0.4 is 5.32 Å². The summed E-state index contributed by atoms with van der Waals surface area (Å²) in [5.41, 5.74) is 1.13. The number of nitrogens with one attached hydrogen (secondary N) is 1. The maximum absolute atomic E-state index is 11.9. The van der Waals surface area contributed by atoms with E-state index in [-0.39, 0.29) is 23.6 Å². The molecule has 2 aromatic rings. The van der Waals surface area contributed by atoms with Gasteiger partial charge in [0.2, 0.25) is 0 Å². The first-order valence-corrected chi connectivity index (χ1v) is 6.57. The minimum atomic E-state index is -0.224. The van der Waals surface area contributed by atoms with E-state index in [1.165, 1.54) is 0 Å². The number of furan rings is 1. The van der Waals surface area contributed by atoms with Crippen LogP contribution in [0.25, 0.3) is 0 Å². The lowest BCUT2D eigenvalue weighted by Crippen LogP contribution is -2.33. The van der Waals surface area contributed by atoms with E-state index < -0.39 is 0 Å². The van der Waals surface area contributed by atoms with Gasteiger partial charge in [0.25, 0.3) is 5.91 Å². The van der Waals surface area contributed by atoms with Crippen molar-refractivity contribution in [1.82, 2.24) is 10.3 Å². The number of alkyl halides is 1. The first kappa shape index (κ1) is 13.6. The molecular formula is C14H15ClN2O2. The third-order valence-electron chi connectivity index (χ3n) is 2.69. The molecule has 0 aromatic carbocycles. The Morgan fingerprint density at radius 2 is 2.11 bits per heavy atom. The topological polar surface area (TPSA) is 55.1 Å². The van der Waals surface area contributed by atoms with Crippen molar-refractivity contribution in [2.24, 2.45) is 0 Å². The number of aromatic nitrogens is 1. The maximum Gasteiger partial charge on any atom is 0.287 e. The molecule has 1 atom stereocenters. The van der Waals surface area contributed by atoms with E-state index in [0.717, 1.165) is 12.0 Å². The number of nitrogens with zero attached hydrogens (tertiary/aromatic N) is 1. The van der Waals surface area contributed by atoms with Gasteiger partial charge in [-0.05, 0) is 43.2 Å². The van der Waals surface area contributed by atoms with Gasteiger partial charge in [-0.2, -0.15) is 0 Å². The molecule has 0 aliphatic carbocycles. The first-order chi connectivity index (χ1) is 9.19. The van der Waals surface area contributed by atoms with Gasteiger partial charge in [-0.25, -0.2) is 0 Å². The number of hydrogen-bond acceptors (Lipinski definition) is 3. The summed E-state index contributed by atoms with van der Waals surface area (Å²) in [5, 5.41) is 2.89. The molecular weight excluding hydrogens is 264 g/mol. The van der Waals surface area contributed by atoms with E-state index in [2.05, 4.69) is 10.3 Å². The van der Waals surface area contributed by atoms with Gasteiger partial charge >= 0.3 is 0 Å². The Labute approximate surface area is 116 Å². The molecule has 0 spiro atoms. The fourth-order valence-corrected chi connectivity index (χ4v) is 1.93. The average molecular weight is 279 g/mol. The molecule has 0 radical (unpaired) electrons. The second-order valence-corrected chi connectivity index (χ2v) is 4.60. The highest BCUT2D eigenvalue weighted by atomic mass is 35.5. The van der Waals surface area contributed by atoms with Gasteiger partial charge in [0.15, 0.2) is 5.76 Å². The number of carbonyl (C=O) groups is 1. The van der Waals surface area contributed by atoms with Crippen LogP contribution in [0.4, 0.5) is 0 Å². The molecule has 0 saturated heterocycles. The van der Waals surface area contributed by atoms with Crippen LogP contribution in [0.1, 0.15) is 28.8 Å². The highest BCUT2D eigenvalue weighted by Crippen LogP contribution is 2.10. The first-order valence-electron chi connectivity index (χ1n) is 6.03. The minimum absolute atomic E-state index is 0.0134. The standard InChI is InChI=1S/C14H15ClN2O2/c1-10(8-11-4-6-16-7-5-11)17-14(18)13-3-2-12(9-15)19-13/h2-7,10H,8-9H2,1H3,(H,17,18). The zero-order valence-corrected chi connectivity index (χ0v) is 11.4. The molecule has 1 amide bonds. The molecule has 2 heterocycles. The van der Waals surface area contributed by atoms with Gasteiger partial charge in [-0.15, -0.1) is 11.6 Å². The summed E-state index contributed by atoms with van der Waals surface area (Å²) in [5.74, 6) is 0.920. The lowest BCUT2D eigenvalue weighted by Gasteiger charge is -2.12. The Hall–Kier alpha value is -1.81. The summed E-state index contributed by atoms with van der Waals surface area (Å²) in [6.07, 6.45) is 4.23. The van der Waals surface area contributed by atoms with E-state index >= 15 is 0 Å². The fourth-order valence-electron chi connectivity index (χ4n) is 1.79. The molecule has 0 bridgehead atoms. The Balaban J connectivity index is 1.91. The smallest absolute Gasteiger partial charge is 0.287 e. The Bertz CT molecular complexity index is 539. The molecule has 1 N–H and O–H groups in total. The molecule has 0 aliphatic heterocycles. The van der Waals surface area contributed by atoms with Crippen molar-refractivity contribution >= 4 is 17.5 Å². The quantitative estimate of drug-likeness (QED) is 0.856. The van der Waals surface area contributed by atoms with Gasteiger partial charge in [-0.3, -0.25) is 9.78 Å². The van der Waals surface area contributed by atoms with Crippen LogP contribution in [-0.4, -0.2) is 16.9 Å². The predicted molar refractivity (Wildman–Crippen MR) is 73.1 cm³/mol. The Morgan fingerprint density at radius 3 is 2.74 bits per heavy atom. The highest BCUT2D eigenvalue weighted by molar-refractivity contribution is 6.16. The van der Waals surface area contributed by atoms with Crippen molar-refractivity contribution in [3.8, 4) is 0 Å². The summed E-state index contributed by atoms with van der Waals surface area (Å²) in [7, 11) is 0. The van der Waals surface area contributed by atoms with Crippen molar-refractivity contribution in [2.45, 2.75) is 25.3 Å². The SMILES string of the molecule is CC(Cc1ccncc1)NC(=O)c1ccc(CCl)o1. The normalized spacial score (nSPS) is 12.1. The van der Waals surface area contributed by atoms with Crippen LogP contribution in [0.2, 0.25) is 0 Å². The molecule has 2 rings (SSSR count). The molecule has 0 saturated carbocycles. The number of hydrogen-bond donors (Lipinski definition) is 1. The van der Waals surface area contributed by atoms with E-state index in [0.29, 0.717) is 5.76 Å². The van der Waals surface area contributed by atoms with Crippen molar-refractivity contribution in [1.29, 1.82) is 0 Å². The number of pyridine rings is 1. The third-order valence-corrected chi connectivity index (χ3v) is 2.95. The van der Waals surface area contributed by atoms with Crippen LogP contribution in [-0.2, 0) is 12.3 Å². The van der Waals surface area contributed by atoms with Crippen LogP contribution in [0.5, 0.6) is 0 Å². The number of carbonyl (C=O) groups excluding carboxylic acids is 1. The lowest BCUT2D eigenvalue weighted by molar-refractivity contribution is 0.0910. The largest absolute Gasteiger partial charge is 0.455 e. The molecule has 2 aromatic heterocycles. The van der Waals surface area contributed by atoms with E-state index in [4.69, 9.17) is 16.0 Å². The lowest BCUT2D eigenvalue weighted by atomic mass is 10.1. The van der Waals surface area contributed by atoms with E-state index in [1.54, 1.807) is 24.5 Å². The van der Waals surface area contributed by atoms with E-state index in [9.17, 15) is 4.79 Å². The van der Waals surface area contributed by atoms with Crippen molar-refractivity contribution in [3.05, 3.63) is 53.7 Å². The number of amides is 1. The molecule has 0 aliphatic rings. The second kappa shape index (κ2) is 6.38. The van der Waals surface area contributed by atoms with E-state index in [1.807, 2.05) is 19.1 Å². The van der Waals surface area contributed by atoms with Crippen LogP contribution >= 0.6 is 11.6 Å². The molecule has 100 valence electrons. The molecule has 0 fully saturated rings. The molecule has 4 nitrogen and oxygen atoms in total. The van der Waals surface area contributed by atoms with Crippen molar-refractivity contribution in [3.63, 3.8) is 0 Å². The monoisotopic (exact) mass is 278 g/mol.